The van der Waals surface area contributed by atoms with E-state index in [9.17, 15) is 4.79 Å². The summed E-state index contributed by atoms with van der Waals surface area (Å²) >= 11 is 0. The van der Waals surface area contributed by atoms with Gasteiger partial charge in [-0.05, 0) is 36.5 Å². The Bertz CT molecular complexity index is 639. The summed E-state index contributed by atoms with van der Waals surface area (Å²) in [5.74, 6) is 0.569. The van der Waals surface area contributed by atoms with Gasteiger partial charge in [-0.25, -0.2) is 0 Å². The topological polar surface area (TPSA) is 55.6 Å². The molecule has 5 nitrogen and oxygen atoms in total. The Kier molecular flexibility index (Phi) is 5.08. The molecule has 0 radical (unpaired) electrons. The van der Waals surface area contributed by atoms with Crippen LogP contribution in [0.25, 0.3) is 0 Å². The number of piperidine rings is 1. The van der Waals surface area contributed by atoms with Crippen LogP contribution in [0.4, 0.5) is 0 Å². The molecule has 2 heterocycles. The van der Waals surface area contributed by atoms with Crippen LogP contribution >= 0.6 is 0 Å². The summed E-state index contributed by atoms with van der Waals surface area (Å²) in [6.07, 6.45) is 4.46. The number of methoxy groups -OCH3 is 1. The monoisotopic (exact) mass is 314 g/mol. The van der Waals surface area contributed by atoms with Crippen molar-refractivity contribution < 1.29 is 14.1 Å². The molecule has 1 aromatic carbocycles. The lowest BCUT2D eigenvalue weighted by Gasteiger charge is -2.35. The molecule has 1 fully saturated rings. The highest BCUT2D eigenvalue weighted by Gasteiger charge is 2.26. The number of aromatic nitrogens is 1. The zero-order valence-corrected chi connectivity index (χ0v) is 13.4. The van der Waals surface area contributed by atoms with Gasteiger partial charge in [-0.1, -0.05) is 36.8 Å². The fourth-order valence-electron chi connectivity index (χ4n) is 3.13. The first kappa shape index (κ1) is 15.7. The van der Waals surface area contributed by atoms with E-state index in [-0.39, 0.29) is 11.5 Å². The van der Waals surface area contributed by atoms with Crippen molar-refractivity contribution in [2.75, 3.05) is 20.2 Å². The summed E-state index contributed by atoms with van der Waals surface area (Å²) in [4.78, 5) is 14.7. The lowest BCUT2D eigenvalue weighted by molar-refractivity contribution is 0.0807. The van der Waals surface area contributed by atoms with Gasteiger partial charge in [0.1, 0.15) is 0 Å². The van der Waals surface area contributed by atoms with Gasteiger partial charge in [0.05, 0.1) is 19.7 Å². The SMILES string of the molecule is COc1cc(C(=O)CN2CCCCC2Cc2ccccc2)on1. The molecule has 0 bridgehead atoms. The third-order valence-corrected chi connectivity index (χ3v) is 4.38. The van der Waals surface area contributed by atoms with Crippen LogP contribution < -0.4 is 4.74 Å². The summed E-state index contributed by atoms with van der Waals surface area (Å²) in [7, 11) is 1.51. The lowest BCUT2D eigenvalue weighted by Crippen LogP contribution is -2.43. The number of nitrogens with zero attached hydrogens (tertiary/aromatic N) is 2. The van der Waals surface area contributed by atoms with E-state index in [1.165, 1.54) is 19.1 Å². The molecule has 1 aromatic heterocycles. The molecule has 5 heteroatoms. The van der Waals surface area contributed by atoms with Crippen LogP contribution in [0.2, 0.25) is 0 Å². The third-order valence-electron chi connectivity index (χ3n) is 4.38. The highest BCUT2D eigenvalue weighted by atomic mass is 16.5. The van der Waals surface area contributed by atoms with E-state index in [0.717, 1.165) is 25.8 Å². The normalized spacial score (nSPS) is 18.7. The molecule has 0 saturated carbocycles. The highest BCUT2D eigenvalue weighted by molar-refractivity contribution is 5.95. The lowest BCUT2D eigenvalue weighted by atomic mass is 9.95. The molecule has 1 aliphatic rings. The van der Waals surface area contributed by atoms with E-state index >= 15 is 0 Å². The molecule has 3 rings (SSSR count). The summed E-state index contributed by atoms with van der Waals surface area (Å²) in [6.45, 7) is 1.32. The highest BCUT2D eigenvalue weighted by Crippen LogP contribution is 2.21. The number of ketones is 1. The largest absolute Gasteiger partial charge is 0.479 e. The van der Waals surface area contributed by atoms with Crippen molar-refractivity contribution in [1.29, 1.82) is 0 Å². The van der Waals surface area contributed by atoms with Crippen LogP contribution in [0.5, 0.6) is 5.88 Å². The number of Topliss-reactive ketones (excluding diaryl/α,β-unsaturated/α-hetero) is 1. The molecule has 122 valence electrons. The van der Waals surface area contributed by atoms with Crippen LogP contribution in [-0.2, 0) is 6.42 Å². The summed E-state index contributed by atoms with van der Waals surface area (Å²) in [5.41, 5.74) is 1.32. The van der Waals surface area contributed by atoms with E-state index in [1.807, 2.05) is 6.07 Å². The zero-order valence-electron chi connectivity index (χ0n) is 13.4. The number of benzene rings is 1. The smallest absolute Gasteiger partial charge is 0.254 e. The molecule has 2 aromatic rings. The predicted octanol–water partition coefficient (Wildman–Crippen LogP) is 2.96. The Morgan fingerprint density at radius 1 is 1.35 bits per heavy atom. The number of carbonyl (C=O) groups is 1. The third kappa shape index (κ3) is 3.99. The Morgan fingerprint density at radius 2 is 2.17 bits per heavy atom. The fourth-order valence-corrected chi connectivity index (χ4v) is 3.13. The van der Waals surface area contributed by atoms with Gasteiger partial charge >= 0.3 is 0 Å². The first-order valence-electron chi connectivity index (χ1n) is 8.08. The molecule has 0 aliphatic carbocycles. The quantitative estimate of drug-likeness (QED) is 0.767. The zero-order chi connectivity index (χ0) is 16.1. The van der Waals surface area contributed by atoms with Gasteiger partial charge in [-0.2, -0.15) is 0 Å². The van der Waals surface area contributed by atoms with Crippen molar-refractivity contribution in [3.63, 3.8) is 0 Å². The molecule has 1 saturated heterocycles. The molecule has 1 unspecified atom stereocenters. The van der Waals surface area contributed by atoms with Gasteiger partial charge in [0.15, 0.2) is 0 Å². The van der Waals surface area contributed by atoms with Crippen LogP contribution in [0.3, 0.4) is 0 Å². The average Bonchev–Trinajstić information content (AvgIpc) is 3.07. The van der Waals surface area contributed by atoms with Crippen molar-refractivity contribution in [1.82, 2.24) is 10.1 Å². The molecular weight excluding hydrogens is 292 g/mol. The number of hydrogen-bond acceptors (Lipinski definition) is 5. The van der Waals surface area contributed by atoms with Gasteiger partial charge in [-0.3, -0.25) is 9.69 Å². The Hall–Kier alpha value is -2.14. The second-order valence-electron chi connectivity index (χ2n) is 5.97. The minimum atomic E-state index is -0.0410. The molecule has 0 N–H and O–H groups in total. The molecule has 23 heavy (non-hydrogen) atoms. The summed E-state index contributed by atoms with van der Waals surface area (Å²) in [6, 6.07) is 12.4. The number of hydrogen-bond donors (Lipinski definition) is 0. The molecule has 0 amide bonds. The molecule has 1 atom stereocenters. The van der Waals surface area contributed by atoms with Gasteiger partial charge in [0, 0.05) is 6.04 Å². The minimum absolute atomic E-state index is 0.0410. The van der Waals surface area contributed by atoms with E-state index < -0.39 is 0 Å². The maximum Gasteiger partial charge on any atom is 0.254 e. The maximum atomic E-state index is 12.4. The fraction of sp³-hybridized carbons (Fsp3) is 0.444. The van der Waals surface area contributed by atoms with Crippen molar-refractivity contribution in [3.8, 4) is 5.88 Å². The van der Waals surface area contributed by atoms with Gasteiger partial charge in [0.2, 0.25) is 11.5 Å². The Labute approximate surface area is 136 Å². The second-order valence-corrected chi connectivity index (χ2v) is 5.97. The van der Waals surface area contributed by atoms with E-state index in [1.54, 1.807) is 6.07 Å². The van der Waals surface area contributed by atoms with E-state index in [0.29, 0.717) is 18.5 Å². The first-order chi connectivity index (χ1) is 11.3. The number of carbonyl (C=O) groups excluding carboxylic acids is 1. The number of rotatable bonds is 6. The van der Waals surface area contributed by atoms with Crippen LogP contribution in [0, 0.1) is 0 Å². The molecular formula is C18H22N2O3. The van der Waals surface area contributed by atoms with Gasteiger partial charge in [-0.15, -0.1) is 0 Å². The van der Waals surface area contributed by atoms with E-state index in [2.05, 4.69) is 34.3 Å². The first-order valence-corrected chi connectivity index (χ1v) is 8.08. The summed E-state index contributed by atoms with van der Waals surface area (Å²) < 4.78 is 10.0. The standard InChI is InChI=1S/C18H22N2O3/c1-22-18-12-17(23-19-18)16(21)13-20-10-6-5-9-15(20)11-14-7-3-2-4-8-14/h2-4,7-8,12,15H,5-6,9-11,13H2,1H3. The average molecular weight is 314 g/mol. The van der Waals surface area contributed by atoms with Crippen molar-refractivity contribution in [3.05, 3.63) is 47.7 Å². The number of ether oxygens (including phenoxy) is 1. The summed E-state index contributed by atoms with van der Waals surface area (Å²) in [5, 5.41) is 3.70. The molecule has 0 spiro atoms. The Balaban J connectivity index is 1.65. The number of likely N-dealkylation sites (tertiary alicyclic amines) is 1. The second kappa shape index (κ2) is 7.42. The minimum Gasteiger partial charge on any atom is -0.479 e. The predicted molar refractivity (Wildman–Crippen MR) is 86.7 cm³/mol. The van der Waals surface area contributed by atoms with Crippen molar-refractivity contribution in [2.45, 2.75) is 31.7 Å². The van der Waals surface area contributed by atoms with Crippen molar-refractivity contribution >= 4 is 5.78 Å². The van der Waals surface area contributed by atoms with Crippen LogP contribution in [-0.4, -0.2) is 42.1 Å². The van der Waals surface area contributed by atoms with Crippen LogP contribution in [0.1, 0.15) is 35.4 Å². The Morgan fingerprint density at radius 3 is 2.91 bits per heavy atom. The van der Waals surface area contributed by atoms with Gasteiger partial charge < -0.3 is 9.26 Å². The van der Waals surface area contributed by atoms with E-state index in [4.69, 9.17) is 9.26 Å². The van der Waals surface area contributed by atoms with Gasteiger partial charge in [0.25, 0.3) is 5.88 Å². The molecule has 1 aliphatic heterocycles. The van der Waals surface area contributed by atoms with Crippen LogP contribution in [0.15, 0.2) is 40.9 Å². The maximum absolute atomic E-state index is 12.4. The van der Waals surface area contributed by atoms with Crippen molar-refractivity contribution in [2.24, 2.45) is 0 Å².